The minimum atomic E-state index is -0.346. The Morgan fingerprint density at radius 2 is 2.31 bits per heavy atom. The van der Waals surface area contributed by atoms with Gasteiger partial charge >= 0.3 is 0 Å². The van der Waals surface area contributed by atoms with Crippen LogP contribution >= 0.6 is 0 Å². The summed E-state index contributed by atoms with van der Waals surface area (Å²) in [5, 5.41) is 0. The van der Waals surface area contributed by atoms with E-state index in [9.17, 15) is 9.18 Å². The highest BCUT2D eigenvalue weighted by molar-refractivity contribution is 5.94. The molecular weight excluding hydrogens is 171 g/mol. The molecule has 1 aromatic rings. The highest BCUT2D eigenvalue weighted by atomic mass is 19.1. The van der Waals surface area contributed by atoms with Gasteiger partial charge in [-0.3, -0.25) is 9.69 Å². The second-order valence-electron chi connectivity index (χ2n) is 3.09. The number of pyridine rings is 1. The van der Waals surface area contributed by atoms with Gasteiger partial charge in [-0.1, -0.05) is 0 Å². The highest BCUT2D eigenvalue weighted by Gasteiger charge is 2.21. The predicted molar refractivity (Wildman–Crippen MR) is 45.9 cm³/mol. The number of anilines is 1. The van der Waals surface area contributed by atoms with E-state index in [2.05, 4.69) is 4.98 Å². The molecule has 68 valence electrons. The molecule has 0 unspecified atom stereocenters. The number of halogens is 1. The van der Waals surface area contributed by atoms with E-state index in [0.717, 1.165) is 11.8 Å². The van der Waals surface area contributed by atoms with E-state index in [-0.39, 0.29) is 11.7 Å². The first-order valence-electron chi connectivity index (χ1n) is 4.09. The molecule has 0 fully saturated rings. The molecule has 0 atom stereocenters. The standard InChI is InChI=1S/C9H9FN2O/c1-12-8(13)3-2-6-4-7(10)5-11-9(6)12/h4-5H,2-3H2,1H3. The van der Waals surface area contributed by atoms with Gasteiger partial charge < -0.3 is 0 Å². The van der Waals surface area contributed by atoms with Gasteiger partial charge in [-0.05, 0) is 18.1 Å². The van der Waals surface area contributed by atoms with E-state index in [0.29, 0.717) is 18.7 Å². The molecule has 4 heteroatoms. The fraction of sp³-hybridized carbons (Fsp3) is 0.333. The van der Waals surface area contributed by atoms with Crippen molar-refractivity contribution < 1.29 is 9.18 Å². The SMILES string of the molecule is CN1C(=O)CCc2cc(F)cnc21. The third kappa shape index (κ3) is 1.28. The third-order valence-electron chi connectivity index (χ3n) is 2.21. The second-order valence-corrected chi connectivity index (χ2v) is 3.09. The van der Waals surface area contributed by atoms with Crippen molar-refractivity contribution in [2.45, 2.75) is 12.8 Å². The zero-order chi connectivity index (χ0) is 9.42. The monoisotopic (exact) mass is 180 g/mol. The van der Waals surface area contributed by atoms with Crippen LogP contribution in [0.3, 0.4) is 0 Å². The maximum Gasteiger partial charge on any atom is 0.228 e. The molecule has 1 aliphatic heterocycles. The van der Waals surface area contributed by atoms with Crippen LogP contribution in [0.5, 0.6) is 0 Å². The highest BCUT2D eigenvalue weighted by Crippen LogP contribution is 2.24. The van der Waals surface area contributed by atoms with Crippen LogP contribution < -0.4 is 4.90 Å². The molecule has 1 amide bonds. The molecule has 13 heavy (non-hydrogen) atoms. The Hall–Kier alpha value is -1.45. The number of hydrogen-bond donors (Lipinski definition) is 0. The topological polar surface area (TPSA) is 33.2 Å². The van der Waals surface area contributed by atoms with Crippen molar-refractivity contribution in [3.8, 4) is 0 Å². The van der Waals surface area contributed by atoms with Crippen LogP contribution in [-0.4, -0.2) is 17.9 Å². The average molecular weight is 180 g/mol. The zero-order valence-electron chi connectivity index (χ0n) is 7.25. The maximum absolute atomic E-state index is 12.8. The molecule has 0 aliphatic carbocycles. The lowest BCUT2D eigenvalue weighted by atomic mass is 10.1. The summed E-state index contributed by atoms with van der Waals surface area (Å²) >= 11 is 0. The largest absolute Gasteiger partial charge is 0.300 e. The molecule has 0 N–H and O–H groups in total. The maximum atomic E-state index is 12.8. The lowest BCUT2D eigenvalue weighted by molar-refractivity contribution is -0.118. The lowest BCUT2D eigenvalue weighted by Gasteiger charge is -2.23. The summed E-state index contributed by atoms with van der Waals surface area (Å²) in [5.74, 6) is 0.269. The van der Waals surface area contributed by atoms with Crippen LogP contribution in [0.4, 0.5) is 10.2 Å². The number of aryl methyl sites for hydroxylation is 1. The van der Waals surface area contributed by atoms with Crippen LogP contribution in [0.2, 0.25) is 0 Å². The number of aromatic nitrogens is 1. The van der Waals surface area contributed by atoms with Gasteiger partial charge in [0.05, 0.1) is 6.20 Å². The molecule has 0 bridgehead atoms. The Morgan fingerprint density at radius 1 is 1.54 bits per heavy atom. The summed E-state index contributed by atoms with van der Waals surface area (Å²) in [5.41, 5.74) is 0.808. The number of rotatable bonds is 0. The molecule has 0 aromatic carbocycles. The summed E-state index contributed by atoms with van der Waals surface area (Å²) in [4.78, 5) is 16.6. The van der Waals surface area contributed by atoms with Crippen molar-refractivity contribution in [1.29, 1.82) is 0 Å². The summed E-state index contributed by atoms with van der Waals surface area (Å²) in [6.45, 7) is 0. The average Bonchev–Trinajstić information content (AvgIpc) is 2.12. The molecule has 0 saturated carbocycles. The minimum absolute atomic E-state index is 0.0339. The summed E-state index contributed by atoms with van der Waals surface area (Å²) < 4.78 is 12.8. The fourth-order valence-electron chi connectivity index (χ4n) is 1.49. The third-order valence-corrected chi connectivity index (χ3v) is 2.21. The molecule has 3 nitrogen and oxygen atoms in total. The quantitative estimate of drug-likeness (QED) is 0.599. The molecule has 0 spiro atoms. The number of carbonyl (C=O) groups excluding carboxylic acids is 1. The Bertz CT molecular complexity index is 365. The number of hydrogen-bond acceptors (Lipinski definition) is 2. The van der Waals surface area contributed by atoms with E-state index in [1.165, 1.54) is 11.0 Å². The van der Waals surface area contributed by atoms with Crippen molar-refractivity contribution in [3.05, 3.63) is 23.6 Å². The molecule has 1 aromatic heterocycles. The van der Waals surface area contributed by atoms with Crippen LogP contribution in [-0.2, 0) is 11.2 Å². The Labute approximate surface area is 75.2 Å². The van der Waals surface area contributed by atoms with Crippen molar-refractivity contribution >= 4 is 11.7 Å². The van der Waals surface area contributed by atoms with Crippen LogP contribution in [0.25, 0.3) is 0 Å². The van der Waals surface area contributed by atoms with Crippen LogP contribution in [0, 0.1) is 5.82 Å². The van der Waals surface area contributed by atoms with Crippen molar-refractivity contribution in [2.24, 2.45) is 0 Å². The van der Waals surface area contributed by atoms with Crippen LogP contribution in [0.15, 0.2) is 12.3 Å². The Morgan fingerprint density at radius 3 is 3.08 bits per heavy atom. The number of fused-ring (bicyclic) bond motifs is 1. The van der Waals surface area contributed by atoms with Gasteiger partial charge in [-0.15, -0.1) is 0 Å². The van der Waals surface area contributed by atoms with E-state index >= 15 is 0 Å². The van der Waals surface area contributed by atoms with Gasteiger partial charge in [0.1, 0.15) is 11.6 Å². The smallest absolute Gasteiger partial charge is 0.228 e. The second kappa shape index (κ2) is 2.80. The lowest BCUT2D eigenvalue weighted by Crippen LogP contribution is -2.32. The van der Waals surface area contributed by atoms with Gasteiger partial charge in [0.15, 0.2) is 0 Å². The summed E-state index contributed by atoms with van der Waals surface area (Å²) in [6, 6.07) is 1.44. The molecular formula is C9H9FN2O. The fourth-order valence-corrected chi connectivity index (χ4v) is 1.49. The first-order valence-corrected chi connectivity index (χ1v) is 4.09. The van der Waals surface area contributed by atoms with Crippen molar-refractivity contribution in [3.63, 3.8) is 0 Å². The minimum Gasteiger partial charge on any atom is -0.300 e. The van der Waals surface area contributed by atoms with Crippen molar-refractivity contribution in [2.75, 3.05) is 11.9 Å². The molecule has 0 radical (unpaired) electrons. The van der Waals surface area contributed by atoms with E-state index in [1.54, 1.807) is 7.05 Å². The van der Waals surface area contributed by atoms with Crippen molar-refractivity contribution in [1.82, 2.24) is 4.98 Å². The van der Waals surface area contributed by atoms with Gasteiger partial charge in [0.2, 0.25) is 5.91 Å². The van der Waals surface area contributed by atoms with Gasteiger partial charge in [0.25, 0.3) is 0 Å². The zero-order valence-corrected chi connectivity index (χ0v) is 7.25. The van der Waals surface area contributed by atoms with E-state index in [4.69, 9.17) is 0 Å². The first-order chi connectivity index (χ1) is 6.18. The van der Waals surface area contributed by atoms with Gasteiger partial charge in [-0.2, -0.15) is 0 Å². The summed E-state index contributed by atoms with van der Waals surface area (Å²) in [6.07, 6.45) is 2.16. The van der Waals surface area contributed by atoms with Gasteiger partial charge in [0, 0.05) is 13.5 Å². The van der Waals surface area contributed by atoms with Crippen LogP contribution in [0.1, 0.15) is 12.0 Å². The molecule has 2 heterocycles. The molecule has 2 rings (SSSR count). The Kier molecular flexibility index (Phi) is 1.76. The van der Waals surface area contributed by atoms with E-state index in [1.807, 2.05) is 0 Å². The Balaban J connectivity index is 2.49. The molecule has 0 saturated heterocycles. The summed E-state index contributed by atoms with van der Waals surface area (Å²) in [7, 11) is 1.66. The number of nitrogens with zero attached hydrogens (tertiary/aromatic N) is 2. The number of amides is 1. The van der Waals surface area contributed by atoms with Gasteiger partial charge in [-0.25, -0.2) is 9.37 Å². The predicted octanol–water partition coefficient (Wildman–Crippen LogP) is 1.13. The van der Waals surface area contributed by atoms with E-state index < -0.39 is 0 Å². The first kappa shape index (κ1) is 8.16. The number of carbonyl (C=O) groups is 1. The normalized spacial score (nSPS) is 15.8. The molecule has 1 aliphatic rings.